The number of nitrogens with zero attached hydrogens (tertiary/aromatic N) is 1. The maximum Gasteiger partial charge on any atom is 0.0221 e. The maximum atomic E-state index is 5.36. The van der Waals surface area contributed by atoms with Crippen molar-refractivity contribution in [3.05, 3.63) is 0 Å². The molecule has 1 fully saturated rings. The zero-order chi connectivity index (χ0) is 12.0. The van der Waals surface area contributed by atoms with Crippen molar-refractivity contribution >= 4 is 0 Å². The van der Waals surface area contributed by atoms with Crippen molar-refractivity contribution in [1.82, 2.24) is 10.2 Å². The van der Waals surface area contributed by atoms with E-state index in [4.69, 9.17) is 6.42 Å². The fourth-order valence-electron chi connectivity index (χ4n) is 2.43. The predicted octanol–water partition coefficient (Wildman–Crippen LogP) is 2.11. The van der Waals surface area contributed by atoms with Crippen molar-refractivity contribution in [3.63, 3.8) is 0 Å². The average molecular weight is 222 g/mol. The van der Waals surface area contributed by atoms with Gasteiger partial charge in [0.1, 0.15) is 0 Å². The van der Waals surface area contributed by atoms with E-state index in [9.17, 15) is 0 Å². The van der Waals surface area contributed by atoms with E-state index in [-0.39, 0.29) is 0 Å². The molecule has 0 radical (unpaired) electrons. The molecule has 2 heteroatoms. The topological polar surface area (TPSA) is 15.3 Å². The van der Waals surface area contributed by atoms with E-state index in [0.717, 1.165) is 32.0 Å². The third-order valence-electron chi connectivity index (χ3n) is 3.91. The van der Waals surface area contributed by atoms with Crippen LogP contribution in [0, 0.1) is 18.3 Å². The van der Waals surface area contributed by atoms with Gasteiger partial charge in [0.2, 0.25) is 0 Å². The standard InChI is InChI=1S/C14H26N2/c1-5-8-9-16-11-14(12(4)6-2)15-10-13(16)7-3/h1,12-15H,6-11H2,2-4H3. The largest absolute Gasteiger partial charge is 0.311 e. The third kappa shape index (κ3) is 3.50. The molecular weight excluding hydrogens is 196 g/mol. The van der Waals surface area contributed by atoms with E-state index >= 15 is 0 Å². The monoisotopic (exact) mass is 222 g/mol. The van der Waals surface area contributed by atoms with Gasteiger partial charge < -0.3 is 5.32 Å². The molecule has 1 saturated heterocycles. The summed E-state index contributed by atoms with van der Waals surface area (Å²) >= 11 is 0. The molecule has 2 nitrogen and oxygen atoms in total. The third-order valence-corrected chi connectivity index (χ3v) is 3.91. The second-order valence-electron chi connectivity index (χ2n) is 4.91. The Morgan fingerprint density at radius 2 is 2.25 bits per heavy atom. The minimum Gasteiger partial charge on any atom is -0.311 e. The fraction of sp³-hybridized carbons (Fsp3) is 0.857. The van der Waals surface area contributed by atoms with Gasteiger partial charge in [-0.2, -0.15) is 0 Å². The zero-order valence-electron chi connectivity index (χ0n) is 11.0. The first-order valence-corrected chi connectivity index (χ1v) is 6.63. The highest BCUT2D eigenvalue weighted by Gasteiger charge is 2.28. The van der Waals surface area contributed by atoms with Crippen LogP contribution in [0.15, 0.2) is 0 Å². The Hall–Kier alpha value is -0.520. The minimum atomic E-state index is 0.644. The molecule has 3 unspecified atom stereocenters. The molecule has 92 valence electrons. The summed E-state index contributed by atoms with van der Waals surface area (Å²) in [5.41, 5.74) is 0. The summed E-state index contributed by atoms with van der Waals surface area (Å²) in [6.07, 6.45) is 8.70. The molecule has 0 aliphatic carbocycles. The SMILES string of the molecule is C#CCCN1CC(C(C)CC)NCC1CC. The van der Waals surface area contributed by atoms with Crippen LogP contribution in [0.2, 0.25) is 0 Å². The van der Waals surface area contributed by atoms with Gasteiger partial charge in [-0.25, -0.2) is 0 Å². The molecule has 16 heavy (non-hydrogen) atoms. The molecule has 0 aromatic rings. The van der Waals surface area contributed by atoms with Crippen molar-refractivity contribution in [2.75, 3.05) is 19.6 Å². The molecule has 1 aliphatic rings. The molecule has 1 rings (SSSR count). The summed E-state index contributed by atoms with van der Waals surface area (Å²) in [6, 6.07) is 1.32. The zero-order valence-corrected chi connectivity index (χ0v) is 11.0. The first kappa shape index (κ1) is 13.5. The second-order valence-corrected chi connectivity index (χ2v) is 4.91. The van der Waals surface area contributed by atoms with Crippen molar-refractivity contribution in [2.24, 2.45) is 5.92 Å². The highest BCUT2D eigenvalue weighted by Crippen LogP contribution is 2.17. The quantitative estimate of drug-likeness (QED) is 0.717. The number of hydrogen-bond donors (Lipinski definition) is 1. The predicted molar refractivity (Wildman–Crippen MR) is 70.3 cm³/mol. The molecular formula is C14H26N2. The van der Waals surface area contributed by atoms with Crippen LogP contribution >= 0.6 is 0 Å². The second kappa shape index (κ2) is 6.93. The molecule has 0 spiro atoms. The van der Waals surface area contributed by atoms with Gasteiger partial charge in [-0.05, 0) is 12.3 Å². The molecule has 0 aromatic heterocycles. The molecule has 3 atom stereocenters. The number of piperazine rings is 1. The van der Waals surface area contributed by atoms with Crippen LogP contribution in [0.1, 0.15) is 40.0 Å². The van der Waals surface area contributed by atoms with Crippen LogP contribution < -0.4 is 5.32 Å². The van der Waals surface area contributed by atoms with E-state index in [1.165, 1.54) is 12.8 Å². The Bertz CT molecular complexity index is 231. The number of rotatable bonds is 5. The summed E-state index contributed by atoms with van der Waals surface area (Å²) in [6.45, 7) is 10.2. The Morgan fingerprint density at radius 1 is 1.50 bits per heavy atom. The lowest BCUT2D eigenvalue weighted by molar-refractivity contribution is 0.109. The smallest absolute Gasteiger partial charge is 0.0221 e. The summed E-state index contributed by atoms with van der Waals surface area (Å²) in [7, 11) is 0. The lowest BCUT2D eigenvalue weighted by atomic mass is 9.95. The van der Waals surface area contributed by atoms with Gasteiger partial charge in [-0.15, -0.1) is 12.3 Å². The summed E-state index contributed by atoms with van der Waals surface area (Å²) in [5.74, 6) is 3.51. The lowest BCUT2D eigenvalue weighted by Gasteiger charge is -2.42. The molecule has 1 aliphatic heterocycles. The van der Waals surface area contributed by atoms with E-state index < -0.39 is 0 Å². The summed E-state index contributed by atoms with van der Waals surface area (Å²) in [4.78, 5) is 2.58. The Labute approximate surface area is 101 Å². The Balaban J connectivity index is 2.51. The van der Waals surface area contributed by atoms with Crippen LogP contribution in [-0.4, -0.2) is 36.6 Å². The van der Waals surface area contributed by atoms with E-state index in [0.29, 0.717) is 12.1 Å². The van der Waals surface area contributed by atoms with Gasteiger partial charge in [0.25, 0.3) is 0 Å². The van der Waals surface area contributed by atoms with Gasteiger partial charge in [-0.1, -0.05) is 27.2 Å². The van der Waals surface area contributed by atoms with Crippen LogP contribution in [0.4, 0.5) is 0 Å². The van der Waals surface area contributed by atoms with Gasteiger partial charge in [0, 0.05) is 38.1 Å². The number of hydrogen-bond acceptors (Lipinski definition) is 2. The van der Waals surface area contributed by atoms with Crippen LogP contribution in [0.3, 0.4) is 0 Å². The molecule has 1 N–H and O–H groups in total. The van der Waals surface area contributed by atoms with E-state index in [1.54, 1.807) is 0 Å². The lowest BCUT2D eigenvalue weighted by Crippen LogP contribution is -2.58. The van der Waals surface area contributed by atoms with Crippen molar-refractivity contribution < 1.29 is 0 Å². The van der Waals surface area contributed by atoms with Gasteiger partial charge in [0.05, 0.1) is 0 Å². The van der Waals surface area contributed by atoms with Gasteiger partial charge in [0.15, 0.2) is 0 Å². The fourth-order valence-corrected chi connectivity index (χ4v) is 2.43. The van der Waals surface area contributed by atoms with E-state index in [1.807, 2.05) is 0 Å². The number of terminal acetylenes is 1. The molecule has 0 aromatic carbocycles. The van der Waals surface area contributed by atoms with Crippen LogP contribution in [-0.2, 0) is 0 Å². The molecule has 0 amide bonds. The molecule has 0 bridgehead atoms. The normalized spacial score (nSPS) is 28.6. The Morgan fingerprint density at radius 3 is 2.81 bits per heavy atom. The van der Waals surface area contributed by atoms with Gasteiger partial charge >= 0.3 is 0 Å². The van der Waals surface area contributed by atoms with Gasteiger partial charge in [-0.3, -0.25) is 4.90 Å². The average Bonchev–Trinajstić information content (AvgIpc) is 2.34. The highest BCUT2D eigenvalue weighted by atomic mass is 15.2. The first-order valence-electron chi connectivity index (χ1n) is 6.63. The minimum absolute atomic E-state index is 0.644. The maximum absolute atomic E-state index is 5.36. The van der Waals surface area contributed by atoms with Crippen LogP contribution in [0.25, 0.3) is 0 Å². The van der Waals surface area contributed by atoms with E-state index in [2.05, 4.69) is 36.9 Å². The van der Waals surface area contributed by atoms with Crippen molar-refractivity contribution in [2.45, 2.75) is 52.1 Å². The number of nitrogens with one attached hydrogen (secondary N) is 1. The Kier molecular flexibility index (Phi) is 5.87. The summed E-state index contributed by atoms with van der Waals surface area (Å²) in [5, 5.41) is 3.68. The van der Waals surface area contributed by atoms with Crippen LogP contribution in [0.5, 0.6) is 0 Å². The van der Waals surface area contributed by atoms with Crippen molar-refractivity contribution in [1.29, 1.82) is 0 Å². The molecule has 0 saturated carbocycles. The first-order chi connectivity index (χ1) is 7.72. The van der Waals surface area contributed by atoms with Crippen molar-refractivity contribution in [3.8, 4) is 12.3 Å². The highest BCUT2D eigenvalue weighted by molar-refractivity contribution is 4.91. The molecule has 1 heterocycles. The summed E-state index contributed by atoms with van der Waals surface area (Å²) < 4.78 is 0.